The normalized spacial score (nSPS) is 13.1. The number of likely N-dealkylation sites (N-methyl/N-ethyl adjacent to an activating group) is 2. The first-order valence-corrected chi connectivity index (χ1v) is 7.06. The predicted molar refractivity (Wildman–Crippen MR) is 82.1 cm³/mol. The predicted octanol–water partition coefficient (Wildman–Crippen LogP) is 3.03. The average Bonchev–Trinajstić information content (AvgIpc) is 2.38. The zero-order chi connectivity index (χ0) is 14.4. The Morgan fingerprint density at radius 1 is 1.26 bits per heavy atom. The van der Waals surface area contributed by atoms with E-state index < -0.39 is 0 Å². The maximum absolute atomic E-state index is 5.54. The second kappa shape index (κ2) is 7.51. The third-order valence-corrected chi connectivity index (χ3v) is 3.49. The van der Waals surface area contributed by atoms with Gasteiger partial charge in [0.25, 0.3) is 0 Å². The number of hydrogen-bond donors (Lipinski definition) is 1. The molecule has 0 amide bonds. The fourth-order valence-corrected chi connectivity index (χ4v) is 2.22. The van der Waals surface area contributed by atoms with Crippen molar-refractivity contribution in [1.29, 1.82) is 0 Å². The van der Waals surface area contributed by atoms with E-state index in [4.69, 9.17) is 4.74 Å². The molecule has 0 fully saturated rings. The fraction of sp³-hybridized carbons (Fsp3) is 0.625. The quantitative estimate of drug-likeness (QED) is 0.819. The van der Waals surface area contributed by atoms with Gasteiger partial charge in [-0.15, -0.1) is 0 Å². The molecule has 0 saturated heterocycles. The molecule has 1 aromatic rings. The first-order valence-electron chi connectivity index (χ1n) is 7.06. The number of nitrogens with one attached hydrogen (secondary N) is 1. The van der Waals surface area contributed by atoms with Crippen molar-refractivity contribution in [2.45, 2.75) is 32.7 Å². The summed E-state index contributed by atoms with van der Waals surface area (Å²) in [5.74, 6) is 1.51. The van der Waals surface area contributed by atoms with Crippen LogP contribution in [0, 0.1) is 0 Å². The molecule has 0 radical (unpaired) electrons. The topological polar surface area (TPSA) is 24.5 Å². The highest BCUT2D eigenvalue weighted by molar-refractivity contribution is 5.40. The number of benzene rings is 1. The van der Waals surface area contributed by atoms with Gasteiger partial charge >= 0.3 is 0 Å². The van der Waals surface area contributed by atoms with Gasteiger partial charge in [0, 0.05) is 12.1 Å². The summed E-state index contributed by atoms with van der Waals surface area (Å²) in [4.78, 5) is 2.24. The monoisotopic (exact) mass is 264 g/mol. The number of hydrogen-bond acceptors (Lipinski definition) is 3. The van der Waals surface area contributed by atoms with Gasteiger partial charge < -0.3 is 15.0 Å². The van der Waals surface area contributed by atoms with E-state index in [1.165, 1.54) is 11.1 Å². The van der Waals surface area contributed by atoms with Gasteiger partial charge in [-0.2, -0.15) is 0 Å². The summed E-state index contributed by atoms with van der Waals surface area (Å²) in [5.41, 5.74) is 2.62. The van der Waals surface area contributed by atoms with Crippen molar-refractivity contribution >= 4 is 0 Å². The molecule has 1 unspecified atom stereocenters. The first kappa shape index (κ1) is 16.0. The summed E-state index contributed by atoms with van der Waals surface area (Å²) < 4.78 is 5.54. The zero-order valence-corrected chi connectivity index (χ0v) is 13.2. The lowest BCUT2D eigenvalue weighted by molar-refractivity contribution is 0.280. The van der Waals surface area contributed by atoms with E-state index in [9.17, 15) is 0 Å². The van der Waals surface area contributed by atoms with Gasteiger partial charge in [0.2, 0.25) is 0 Å². The maximum Gasteiger partial charge on any atom is 0.123 e. The van der Waals surface area contributed by atoms with Crippen LogP contribution in [0.2, 0.25) is 0 Å². The fourth-order valence-electron chi connectivity index (χ4n) is 2.22. The largest absolute Gasteiger partial charge is 0.496 e. The van der Waals surface area contributed by atoms with Gasteiger partial charge in [0.05, 0.1) is 13.2 Å². The van der Waals surface area contributed by atoms with E-state index in [0.29, 0.717) is 12.0 Å². The van der Waals surface area contributed by atoms with Crippen LogP contribution in [0.5, 0.6) is 5.75 Å². The summed E-state index contributed by atoms with van der Waals surface area (Å²) >= 11 is 0. The van der Waals surface area contributed by atoms with E-state index in [1.807, 2.05) is 0 Å². The van der Waals surface area contributed by atoms with Gasteiger partial charge in [0.15, 0.2) is 0 Å². The SMILES string of the molecule is CCNCC(c1cc(C(C)C)ccc1OC)N(C)C. The molecule has 0 aliphatic heterocycles. The van der Waals surface area contributed by atoms with Gasteiger partial charge in [0.1, 0.15) is 5.75 Å². The minimum Gasteiger partial charge on any atom is -0.496 e. The molecule has 0 heterocycles. The van der Waals surface area contributed by atoms with E-state index in [2.05, 4.69) is 63.3 Å². The van der Waals surface area contributed by atoms with Gasteiger partial charge in [-0.3, -0.25) is 0 Å². The smallest absolute Gasteiger partial charge is 0.123 e. The Kier molecular flexibility index (Phi) is 6.32. The molecular formula is C16H28N2O. The van der Waals surface area contributed by atoms with Crippen LogP contribution in [-0.4, -0.2) is 39.2 Å². The van der Waals surface area contributed by atoms with Crippen molar-refractivity contribution in [2.75, 3.05) is 34.3 Å². The van der Waals surface area contributed by atoms with Crippen molar-refractivity contribution in [3.05, 3.63) is 29.3 Å². The molecular weight excluding hydrogens is 236 g/mol. The Labute approximate surface area is 118 Å². The average molecular weight is 264 g/mol. The van der Waals surface area contributed by atoms with Crippen molar-refractivity contribution in [1.82, 2.24) is 10.2 Å². The van der Waals surface area contributed by atoms with E-state index in [1.54, 1.807) is 7.11 Å². The number of ether oxygens (including phenoxy) is 1. The van der Waals surface area contributed by atoms with Crippen LogP contribution >= 0.6 is 0 Å². The molecule has 0 aromatic heterocycles. The molecule has 3 nitrogen and oxygen atoms in total. The summed E-state index contributed by atoms with van der Waals surface area (Å²) in [6.07, 6.45) is 0. The summed E-state index contributed by atoms with van der Waals surface area (Å²) in [6.45, 7) is 8.49. The van der Waals surface area contributed by atoms with E-state index in [0.717, 1.165) is 18.8 Å². The van der Waals surface area contributed by atoms with Crippen molar-refractivity contribution in [3.8, 4) is 5.75 Å². The molecule has 0 saturated carbocycles. The summed E-state index contributed by atoms with van der Waals surface area (Å²) in [6, 6.07) is 6.86. The van der Waals surface area contributed by atoms with Crippen molar-refractivity contribution in [3.63, 3.8) is 0 Å². The Balaban J connectivity index is 3.14. The second-order valence-electron chi connectivity index (χ2n) is 5.44. The highest BCUT2D eigenvalue weighted by Gasteiger charge is 2.19. The van der Waals surface area contributed by atoms with Crippen molar-refractivity contribution < 1.29 is 4.74 Å². The molecule has 0 aliphatic rings. The highest BCUT2D eigenvalue weighted by atomic mass is 16.5. The van der Waals surface area contributed by atoms with Crippen LogP contribution in [0.25, 0.3) is 0 Å². The minimum absolute atomic E-state index is 0.327. The summed E-state index contributed by atoms with van der Waals surface area (Å²) in [5, 5.41) is 3.43. The third-order valence-electron chi connectivity index (χ3n) is 3.49. The van der Waals surface area contributed by atoms with Crippen LogP contribution in [0.1, 0.15) is 43.9 Å². The molecule has 1 aromatic carbocycles. The number of methoxy groups -OCH3 is 1. The van der Waals surface area contributed by atoms with Crippen LogP contribution in [0.15, 0.2) is 18.2 Å². The standard InChI is InChI=1S/C16H28N2O/c1-7-17-11-15(18(4)5)14-10-13(12(2)3)8-9-16(14)19-6/h8-10,12,15,17H,7,11H2,1-6H3. The van der Waals surface area contributed by atoms with Crippen LogP contribution in [0.4, 0.5) is 0 Å². The van der Waals surface area contributed by atoms with E-state index >= 15 is 0 Å². The Hall–Kier alpha value is -1.06. The lowest BCUT2D eigenvalue weighted by Gasteiger charge is -2.27. The molecule has 0 spiro atoms. The molecule has 19 heavy (non-hydrogen) atoms. The summed E-state index contributed by atoms with van der Waals surface area (Å²) in [7, 11) is 5.97. The first-order chi connectivity index (χ1) is 9.01. The lowest BCUT2D eigenvalue weighted by Crippen LogP contribution is -2.31. The Morgan fingerprint density at radius 3 is 2.42 bits per heavy atom. The van der Waals surface area contributed by atoms with Gasteiger partial charge in [-0.25, -0.2) is 0 Å². The molecule has 0 bridgehead atoms. The van der Waals surface area contributed by atoms with Crippen LogP contribution in [0.3, 0.4) is 0 Å². The molecule has 1 atom stereocenters. The molecule has 108 valence electrons. The Bertz CT molecular complexity index is 388. The van der Waals surface area contributed by atoms with Gasteiger partial charge in [-0.05, 0) is 38.2 Å². The molecule has 0 aliphatic carbocycles. The van der Waals surface area contributed by atoms with Gasteiger partial charge in [-0.1, -0.05) is 32.9 Å². The third kappa shape index (κ3) is 4.22. The number of nitrogens with zero attached hydrogens (tertiary/aromatic N) is 1. The van der Waals surface area contributed by atoms with Crippen molar-refractivity contribution in [2.24, 2.45) is 0 Å². The second-order valence-corrected chi connectivity index (χ2v) is 5.44. The number of rotatable bonds is 7. The van der Waals surface area contributed by atoms with Crippen LogP contribution in [-0.2, 0) is 0 Å². The Morgan fingerprint density at radius 2 is 1.95 bits per heavy atom. The van der Waals surface area contributed by atoms with Crippen LogP contribution < -0.4 is 10.1 Å². The molecule has 1 N–H and O–H groups in total. The minimum atomic E-state index is 0.327. The molecule has 3 heteroatoms. The molecule has 1 rings (SSSR count). The maximum atomic E-state index is 5.54. The lowest BCUT2D eigenvalue weighted by atomic mass is 9.96. The highest BCUT2D eigenvalue weighted by Crippen LogP contribution is 2.31. The van der Waals surface area contributed by atoms with E-state index in [-0.39, 0.29) is 0 Å². The zero-order valence-electron chi connectivity index (χ0n) is 13.2.